The van der Waals surface area contributed by atoms with Crippen LogP contribution in [0.25, 0.3) is 16.7 Å². The summed E-state index contributed by atoms with van der Waals surface area (Å²) in [4.78, 5) is 4.79. The van der Waals surface area contributed by atoms with Crippen LogP contribution in [0.2, 0.25) is 0 Å². The summed E-state index contributed by atoms with van der Waals surface area (Å²) in [5.41, 5.74) is 2.00. The van der Waals surface area contributed by atoms with Crippen molar-refractivity contribution in [3.05, 3.63) is 54.4 Å². The maximum atomic E-state index is 13.3. The van der Waals surface area contributed by atoms with Gasteiger partial charge >= 0.3 is 0 Å². The molecule has 4 aromatic rings. The molecule has 1 aliphatic rings. The predicted molar refractivity (Wildman–Crippen MR) is 113 cm³/mol. The van der Waals surface area contributed by atoms with Crippen LogP contribution in [0.3, 0.4) is 0 Å². The van der Waals surface area contributed by atoms with Crippen molar-refractivity contribution in [1.82, 2.24) is 19.6 Å². The second kappa shape index (κ2) is 6.94. The van der Waals surface area contributed by atoms with E-state index in [0.717, 1.165) is 24.2 Å². The Morgan fingerprint density at radius 2 is 1.83 bits per heavy atom. The number of aromatic nitrogens is 4. The minimum Gasteiger partial charge on any atom is -0.494 e. The van der Waals surface area contributed by atoms with Crippen LogP contribution in [0.4, 0.5) is 5.82 Å². The third-order valence-corrected chi connectivity index (χ3v) is 7.03. The molecule has 30 heavy (non-hydrogen) atoms. The molecule has 0 spiro atoms. The Morgan fingerprint density at radius 1 is 1.10 bits per heavy atom. The van der Waals surface area contributed by atoms with E-state index < -0.39 is 10.0 Å². The van der Waals surface area contributed by atoms with Crippen molar-refractivity contribution >= 4 is 32.5 Å². The van der Waals surface area contributed by atoms with Crippen LogP contribution >= 0.6 is 0 Å². The summed E-state index contributed by atoms with van der Waals surface area (Å²) in [6.45, 7) is 2.39. The zero-order valence-corrected chi connectivity index (χ0v) is 17.5. The maximum Gasteiger partial charge on any atom is 0.265 e. The van der Waals surface area contributed by atoms with E-state index >= 15 is 0 Å². The fraction of sp³-hybridized carbons (Fsp3) is 0.286. The van der Waals surface area contributed by atoms with Crippen molar-refractivity contribution < 1.29 is 13.2 Å². The fourth-order valence-electron chi connectivity index (χ4n) is 3.55. The third-order valence-electron chi connectivity index (χ3n) is 5.27. The molecular weight excluding hydrogens is 402 g/mol. The van der Waals surface area contributed by atoms with Crippen LogP contribution in [-0.4, -0.2) is 41.7 Å². The summed E-state index contributed by atoms with van der Waals surface area (Å²) in [6, 6.07) is 14.0. The quantitative estimate of drug-likeness (QED) is 0.472. The Balaban J connectivity index is 1.66. The summed E-state index contributed by atoms with van der Waals surface area (Å²) < 4.78 is 35.2. The van der Waals surface area contributed by atoms with Crippen molar-refractivity contribution in [2.45, 2.75) is 30.6 Å². The Morgan fingerprint density at radius 3 is 2.53 bits per heavy atom. The average Bonchev–Trinajstić information content (AvgIpc) is 3.51. The van der Waals surface area contributed by atoms with Gasteiger partial charge in [-0.15, -0.1) is 10.2 Å². The number of rotatable bonds is 6. The summed E-state index contributed by atoms with van der Waals surface area (Å²) in [6.07, 6.45) is 2.13. The van der Waals surface area contributed by atoms with Crippen molar-refractivity contribution in [2.24, 2.45) is 0 Å². The molecule has 0 radical (unpaired) electrons. The largest absolute Gasteiger partial charge is 0.494 e. The molecule has 0 bridgehead atoms. The first kappa shape index (κ1) is 18.8. The molecule has 0 unspecified atom stereocenters. The van der Waals surface area contributed by atoms with Gasteiger partial charge in [0.1, 0.15) is 11.6 Å². The lowest BCUT2D eigenvalue weighted by Crippen LogP contribution is -2.28. The topological polar surface area (TPSA) is 89.7 Å². The van der Waals surface area contributed by atoms with E-state index in [1.807, 2.05) is 35.6 Å². The number of para-hydroxylation sites is 2. The van der Waals surface area contributed by atoms with Gasteiger partial charge in [-0.1, -0.05) is 12.1 Å². The highest BCUT2D eigenvalue weighted by atomic mass is 32.2. The average molecular weight is 423 g/mol. The minimum atomic E-state index is -3.85. The highest BCUT2D eigenvalue weighted by molar-refractivity contribution is 7.92. The van der Waals surface area contributed by atoms with E-state index in [4.69, 9.17) is 4.74 Å². The van der Waals surface area contributed by atoms with Gasteiger partial charge in [-0.3, -0.25) is 4.40 Å². The van der Waals surface area contributed by atoms with Gasteiger partial charge in [-0.25, -0.2) is 17.7 Å². The van der Waals surface area contributed by atoms with Crippen molar-refractivity contribution in [1.29, 1.82) is 0 Å². The van der Waals surface area contributed by atoms with E-state index in [0.29, 0.717) is 29.4 Å². The van der Waals surface area contributed by atoms with Gasteiger partial charge in [0.15, 0.2) is 5.82 Å². The molecule has 0 atom stereocenters. The lowest BCUT2D eigenvalue weighted by atomic mass is 10.3. The Labute approximate surface area is 174 Å². The molecule has 0 amide bonds. The lowest BCUT2D eigenvalue weighted by Gasteiger charge is -2.20. The molecule has 1 aliphatic carbocycles. The molecule has 2 aromatic heterocycles. The van der Waals surface area contributed by atoms with Crippen LogP contribution in [-0.2, 0) is 10.0 Å². The number of hydrogen-bond acceptors (Lipinski definition) is 6. The lowest BCUT2D eigenvalue weighted by molar-refractivity contribution is 0.340. The molecule has 0 saturated heterocycles. The van der Waals surface area contributed by atoms with Crippen LogP contribution in [0.5, 0.6) is 5.75 Å². The molecular formula is C21H21N5O3S. The first-order valence-corrected chi connectivity index (χ1v) is 11.3. The number of hydrogen-bond donors (Lipinski definition) is 0. The highest BCUT2D eigenvalue weighted by Gasteiger charge is 2.32. The first-order valence-electron chi connectivity index (χ1n) is 9.86. The Bertz CT molecular complexity index is 1340. The molecule has 0 N–H and O–H groups in total. The van der Waals surface area contributed by atoms with Gasteiger partial charge < -0.3 is 4.74 Å². The molecule has 2 aromatic carbocycles. The number of fused-ring (bicyclic) bond motifs is 3. The summed E-state index contributed by atoms with van der Waals surface area (Å²) in [7, 11) is -2.35. The highest BCUT2D eigenvalue weighted by Crippen LogP contribution is 2.40. The van der Waals surface area contributed by atoms with E-state index in [1.54, 1.807) is 12.1 Å². The monoisotopic (exact) mass is 423 g/mol. The number of anilines is 1. The molecule has 1 saturated carbocycles. The summed E-state index contributed by atoms with van der Waals surface area (Å²) >= 11 is 0. The minimum absolute atomic E-state index is 0.156. The van der Waals surface area contributed by atoms with Gasteiger partial charge in [-0.2, -0.15) is 0 Å². The van der Waals surface area contributed by atoms with E-state index in [1.165, 1.54) is 23.5 Å². The summed E-state index contributed by atoms with van der Waals surface area (Å²) in [5.74, 6) is 2.09. The van der Waals surface area contributed by atoms with E-state index in [-0.39, 0.29) is 10.7 Å². The zero-order valence-electron chi connectivity index (χ0n) is 16.7. The second-order valence-corrected chi connectivity index (χ2v) is 9.26. The molecule has 2 heterocycles. The zero-order chi connectivity index (χ0) is 20.9. The van der Waals surface area contributed by atoms with Crippen LogP contribution in [0, 0.1) is 0 Å². The van der Waals surface area contributed by atoms with E-state index in [9.17, 15) is 8.42 Å². The predicted octanol–water partition coefficient (Wildman–Crippen LogP) is 3.38. The molecule has 0 aliphatic heterocycles. The SMILES string of the molecule is CCOc1ccc(S(=O)(=O)N(C)c2nc3ccccc3n3c(C4CC4)nnc23)cc1. The van der Waals surface area contributed by atoms with Gasteiger partial charge in [-0.05, 0) is 56.2 Å². The second-order valence-electron chi connectivity index (χ2n) is 7.29. The molecule has 8 nitrogen and oxygen atoms in total. The Hall–Kier alpha value is -3.20. The molecule has 9 heteroatoms. The maximum absolute atomic E-state index is 13.3. The fourth-order valence-corrected chi connectivity index (χ4v) is 4.70. The first-order chi connectivity index (χ1) is 14.5. The standard InChI is InChI=1S/C21H21N5O3S/c1-3-29-15-10-12-16(13-11-15)30(27,28)25(2)20-21-24-23-19(14-8-9-14)26(21)18-7-5-4-6-17(18)22-20/h4-7,10-14H,3,8-9H2,1-2H3. The van der Waals surface area contributed by atoms with Crippen molar-refractivity contribution in [2.75, 3.05) is 18.0 Å². The van der Waals surface area contributed by atoms with Crippen LogP contribution < -0.4 is 9.04 Å². The third kappa shape index (κ3) is 2.97. The molecule has 154 valence electrons. The number of benzene rings is 2. The Kier molecular flexibility index (Phi) is 4.35. The van der Waals surface area contributed by atoms with Crippen LogP contribution in [0.15, 0.2) is 53.4 Å². The van der Waals surface area contributed by atoms with Crippen LogP contribution in [0.1, 0.15) is 31.5 Å². The van der Waals surface area contributed by atoms with Gasteiger partial charge in [0.25, 0.3) is 10.0 Å². The van der Waals surface area contributed by atoms with Gasteiger partial charge in [0.05, 0.1) is 22.5 Å². The van der Waals surface area contributed by atoms with Gasteiger partial charge in [0, 0.05) is 13.0 Å². The molecule has 5 rings (SSSR count). The van der Waals surface area contributed by atoms with Gasteiger partial charge in [0.2, 0.25) is 5.65 Å². The van der Waals surface area contributed by atoms with E-state index in [2.05, 4.69) is 15.2 Å². The number of sulfonamides is 1. The molecule has 1 fully saturated rings. The summed E-state index contributed by atoms with van der Waals surface area (Å²) in [5, 5.41) is 8.69. The number of ether oxygens (including phenoxy) is 1. The van der Waals surface area contributed by atoms with Crippen molar-refractivity contribution in [3.8, 4) is 5.75 Å². The van der Waals surface area contributed by atoms with Crippen molar-refractivity contribution in [3.63, 3.8) is 0 Å². The normalized spacial score (nSPS) is 14.3. The smallest absolute Gasteiger partial charge is 0.265 e. The number of nitrogens with zero attached hydrogens (tertiary/aromatic N) is 5.